The highest BCUT2D eigenvalue weighted by molar-refractivity contribution is 7.92. The minimum absolute atomic E-state index is 0.0132. The molecule has 0 aliphatic carbocycles. The van der Waals surface area contributed by atoms with Crippen LogP contribution in [0.4, 0.5) is 4.39 Å². The maximum atomic E-state index is 12.7. The molecule has 0 spiro atoms. The van der Waals surface area contributed by atoms with Crippen LogP contribution < -0.4 is 0 Å². The zero-order valence-electron chi connectivity index (χ0n) is 12.1. The molecule has 1 aromatic carbocycles. The van der Waals surface area contributed by atoms with Crippen LogP contribution in [0.15, 0.2) is 24.3 Å². The summed E-state index contributed by atoms with van der Waals surface area (Å²) >= 11 is 0. The first kappa shape index (κ1) is 16.8. The summed E-state index contributed by atoms with van der Waals surface area (Å²) in [5.41, 5.74) is 0.417. The molecule has 0 bridgehead atoms. The largest absolute Gasteiger partial charge is 0.294 e. The Morgan fingerprint density at radius 1 is 1.15 bits per heavy atom. The second-order valence-corrected chi connectivity index (χ2v) is 7.83. The van der Waals surface area contributed by atoms with Gasteiger partial charge in [-0.3, -0.25) is 4.79 Å². The van der Waals surface area contributed by atoms with Crippen LogP contribution in [0.3, 0.4) is 0 Å². The monoisotopic (exact) mass is 300 g/mol. The van der Waals surface area contributed by atoms with E-state index in [1.807, 2.05) is 13.8 Å². The Kier molecular flexibility index (Phi) is 5.87. The molecule has 20 heavy (non-hydrogen) atoms. The number of halogens is 1. The van der Waals surface area contributed by atoms with E-state index < -0.39 is 20.9 Å². The fraction of sp³-hybridized carbons (Fsp3) is 0.533. The number of sulfone groups is 1. The molecule has 0 fully saturated rings. The van der Waals surface area contributed by atoms with Crippen LogP contribution in [-0.4, -0.2) is 25.2 Å². The Hall–Kier alpha value is -1.23. The Morgan fingerprint density at radius 3 is 2.20 bits per heavy atom. The van der Waals surface area contributed by atoms with Gasteiger partial charge in [-0.25, -0.2) is 12.8 Å². The average Bonchev–Trinajstić information content (AvgIpc) is 2.38. The molecule has 5 heteroatoms. The van der Waals surface area contributed by atoms with Gasteiger partial charge in [0.2, 0.25) is 0 Å². The van der Waals surface area contributed by atoms with Gasteiger partial charge in [-0.2, -0.15) is 0 Å². The van der Waals surface area contributed by atoms with Crippen LogP contribution in [-0.2, 0) is 9.84 Å². The van der Waals surface area contributed by atoms with Gasteiger partial charge in [0.05, 0.1) is 11.0 Å². The van der Waals surface area contributed by atoms with Gasteiger partial charge in [-0.05, 0) is 43.5 Å². The lowest BCUT2D eigenvalue weighted by Gasteiger charge is -2.16. The fourth-order valence-electron chi connectivity index (χ4n) is 1.81. The molecule has 1 atom stereocenters. The first-order chi connectivity index (χ1) is 9.24. The number of ketones is 1. The summed E-state index contributed by atoms with van der Waals surface area (Å²) in [5, 5.41) is -0.400. The average molecular weight is 300 g/mol. The van der Waals surface area contributed by atoms with Crippen LogP contribution in [0.2, 0.25) is 0 Å². The molecular weight excluding hydrogens is 279 g/mol. The third-order valence-electron chi connectivity index (χ3n) is 3.50. The van der Waals surface area contributed by atoms with Gasteiger partial charge < -0.3 is 0 Å². The minimum Gasteiger partial charge on any atom is -0.294 e. The van der Waals surface area contributed by atoms with Crippen LogP contribution in [0.1, 0.15) is 44.0 Å². The number of rotatable bonds is 7. The summed E-state index contributed by atoms with van der Waals surface area (Å²) in [6, 6.07) is 5.29. The summed E-state index contributed by atoms with van der Waals surface area (Å²) in [4.78, 5) is 11.8. The SMILES string of the molecule is CC(C)C(C)S(=O)(=O)CCCC(=O)c1ccc(F)cc1. The first-order valence-electron chi connectivity index (χ1n) is 6.74. The van der Waals surface area contributed by atoms with Crippen molar-refractivity contribution in [2.45, 2.75) is 38.9 Å². The van der Waals surface area contributed by atoms with Crippen molar-refractivity contribution in [3.63, 3.8) is 0 Å². The topological polar surface area (TPSA) is 51.2 Å². The van der Waals surface area contributed by atoms with Crippen molar-refractivity contribution in [1.82, 2.24) is 0 Å². The highest BCUT2D eigenvalue weighted by Gasteiger charge is 2.23. The van der Waals surface area contributed by atoms with E-state index in [-0.39, 0.29) is 23.9 Å². The molecule has 0 saturated carbocycles. The molecule has 0 N–H and O–H groups in total. The Labute approximate surface area is 120 Å². The van der Waals surface area contributed by atoms with Gasteiger partial charge >= 0.3 is 0 Å². The van der Waals surface area contributed by atoms with Crippen molar-refractivity contribution in [2.24, 2.45) is 5.92 Å². The van der Waals surface area contributed by atoms with E-state index in [1.165, 1.54) is 24.3 Å². The predicted molar refractivity (Wildman–Crippen MR) is 78.1 cm³/mol. The van der Waals surface area contributed by atoms with Crippen molar-refractivity contribution in [3.05, 3.63) is 35.6 Å². The maximum absolute atomic E-state index is 12.7. The molecule has 0 amide bonds. The van der Waals surface area contributed by atoms with Crippen molar-refractivity contribution in [3.8, 4) is 0 Å². The molecule has 1 unspecified atom stereocenters. The van der Waals surface area contributed by atoms with E-state index in [4.69, 9.17) is 0 Å². The Balaban J connectivity index is 2.52. The lowest BCUT2D eigenvalue weighted by atomic mass is 10.1. The number of carbonyl (C=O) groups is 1. The van der Waals surface area contributed by atoms with E-state index in [2.05, 4.69) is 0 Å². The van der Waals surface area contributed by atoms with Crippen molar-refractivity contribution in [2.75, 3.05) is 5.75 Å². The molecule has 0 heterocycles. The summed E-state index contributed by atoms with van der Waals surface area (Å²) in [7, 11) is -3.16. The molecule has 112 valence electrons. The lowest BCUT2D eigenvalue weighted by Crippen LogP contribution is -2.26. The van der Waals surface area contributed by atoms with Crippen LogP contribution in [0.5, 0.6) is 0 Å². The first-order valence-corrected chi connectivity index (χ1v) is 8.46. The molecule has 0 saturated heterocycles. The number of benzene rings is 1. The normalized spacial score (nSPS) is 13.4. The maximum Gasteiger partial charge on any atom is 0.162 e. The fourth-order valence-corrected chi connectivity index (χ4v) is 3.56. The van der Waals surface area contributed by atoms with Crippen molar-refractivity contribution in [1.29, 1.82) is 0 Å². The van der Waals surface area contributed by atoms with E-state index in [0.29, 0.717) is 12.0 Å². The van der Waals surface area contributed by atoms with Crippen LogP contribution >= 0.6 is 0 Å². The number of hydrogen-bond acceptors (Lipinski definition) is 3. The van der Waals surface area contributed by atoms with Crippen LogP contribution in [0, 0.1) is 11.7 Å². The minimum atomic E-state index is -3.16. The van der Waals surface area contributed by atoms with Gasteiger partial charge in [-0.15, -0.1) is 0 Å². The zero-order valence-corrected chi connectivity index (χ0v) is 12.9. The van der Waals surface area contributed by atoms with E-state index in [0.717, 1.165) is 0 Å². The summed E-state index contributed by atoms with van der Waals surface area (Å²) in [5.74, 6) is -0.473. The standard InChI is InChI=1S/C15H21FO3S/c1-11(2)12(3)20(18,19)10-4-5-15(17)13-6-8-14(16)9-7-13/h6-9,11-12H,4-5,10H2,1-3H3. The van der Waals surface area contributed by atoms with E-state index in [9.17, 15) is 17.6 Å². The summed E-state index contributed by atoms with van der Waals surface area (Å²) in [6.07, 6.45) is 0.464. The van der Waals surface area contributed by atoms with Crippen molar-refractivity contribution >= 4 is 15.6 Å². The highest BCUT2D eigenvalue weighted by atomic mass is 32.2. The third kappa shape index (κ3) is 4.71. The van der Waals surface area contributed by atoms with Crippen molar-refractivity contribution < 1.29 is 17.6 Å². The predicted octanol–water partition coefficient (Wildman–Crippen LogP) is 3.25. The second kappa shape index (κ2) is 6.97. The van der Waals surface area contributed by atoms with Gasteiger partial charge in [0.25, 0.3) is 0 Å². The number of Topliss-reactive ketones (excluding diaryl/α,β-unsaturated/α-hetero) is 1. The zero-order chi connectivity index (χ0) is 15.3. The molecule has 0 radical (unpaired) electrons. The summed E-state index contributed by atoms with van der Waals surface area (Å²) < 4.78 is 36.7. The molecule has 1 aromatic rings. The van der Waals surface area contributed by atoms with E-state index >= 15 is 0 Å². The lowest BCUT2D eigenvalue weighted by molar-refractivity contribution is 0.0982. The van der Waals surface area contributed by atoms with Gasteiger partial charge in [0, 0.05) is 12.0 Å². The molecule has 0 aliphatic heterocycles. The van der Waals surface area contributed by atoms with Gasteiger partial charge in [-0.1, -0.05) is 13.8 Å². The second-order valence-electron chi connectivity index (χ2n) is 5.35. The Morgan fingerprint density at radius 2 is 1.70 bits per heavy atom. The highest BCUT2D eigenvalue weighted by Crippen LogP contribution is 2.15. The Bertz CT molecular complexity index is 547. The molecule has 1 rings (SSSR count). The molecule has 3 nitrogen and oxygen atoms in total. The third-order valence-corrected chi connectivity index (χ3v) is 6.04. The number of carbonyl (C=O) groups excluding carboxylic acids is 1. The van der Waals surface area contributed by atoms with Gasteiger partial charge in [0.1, 0.15) is 5.82 Å². The van der Waals surface area contributed by atoms with Gasteiger partial charge in [0.15, 0.2) is 15.6 Å². The quantitative estimate of drug-likeness (QED) is 0.726. The summed E-state index contributed by atoms with van der Waals surface area (Å²) in [6.45, 7) is 5.43. The molecule has 0 aromatic heterocycles. The number of hydrogen-bond donors (Lipinski definition) is 0. The molecular formula is C15H21FO3S. The van der Waals surface area contributed by atoms with Crippen LogP contribution in [0.25, 0.3) is 0 Å². The molecule has 0 aliphatic rings. The smallest absolute Gasteiger partial charge is 0.162 e. The van der Waals surface area contributed by atoms with E-state index in [1.54, 1.807) is 6.92 Å².